The van der Waals surface area contributed by atoms with Crippen LogP contribution in [-0.4, -0.2) is 17.6 Å². The standard InChI is InChI=1S/C23H17FN2O3/c1-29-16-12-10-15(11-13-16)26-14-19(17-6-2-3-7-18(17)23(26)28)22(27)25-21-9-5-4-8-20(21)24/h2-14H,1H3,(H,25,27). The predicted molar refractivity (Wildman–Crippen MR) is 110 cm³/mol. The van der Waals surface area contributed by atoms with Crippen molar-refractivity contribution in [3.05, 3.63) is 101 Å². The summed E-state index contributed by atoms with van der Waals surface area (Å²) in [6, 6.07) is 19.7. The zero-order valence-corrected chi connectivity index (χ0v) is 15.6. The van der Waals surface area contributed by atoms with Crippen molar-refractivity contribution in [2.45, 2.75) is 0 Å². The van der Waals surface area contributed by atoms with Gasteiger partial charge in [0, 0.05) is 22.7 Å². The Morgan fingerprint density at radius 3 is 2.28 bits per heavy atom. The fraction of sp³-hybridized carbons (Fsp3) is 0.0435. The summed E-state index contributed by atoms with van der Waals surface area (Å²) in [6.07, 6.45) is 1.47. The topological polar surface area (TPSA) is 60.3 Å². The first-order valence-corrected chi connectivity index (χ1v) is 8.93. The third kappa shape index (κ3) is 3.48. The maximum atomic E-state index is 14.0. The van der Waals surface area contributed by atoms with Gasteiger partial charge in [-0.25, -0.2) is 4.39 Å². The molecule has 0 radical (unpaired) electrons. The summed E-state index contributed by atoms with van der Waals surface area (Å²) in [7, 11) is 1.56. The van der Waals surface area contributed by atoms with Gasteiger partial charge < -0.3 is 10.1 Å². The predicted octanol–water partition coefficient (Wildman–Crippen LogP) is 4.39. The summed E-state index contributed by atoms with van der Waals surface area (Å²) in [5.41, 5.74) is 0.665. The zero-order valence-electron chi connectivity index (χ0n) is 15.6. The summed E-state index contributed by atoms with van der Waals surface area (Å²) >= 11 is 0. The van der Waals surface area contributed by atoms with Crippen LogP contribution in [0, 0.1) is 5.82 Å². The van der Waals surface area contributed by atoms with E-state index in [9.17, 15) is 14.0 Å². The van der Waals surface area contributed by atoms with Gasteiger partial charge in [0.1, 0.15) is 11.6 Å². The minimum atomic E-state index is -0.534. The van der Waals surface area contributed by atoms with Gasteiger partial charge in [-0.05, 0) is 42.5 Å². The number of hydrogen-bond acceptors (Lipinski definition) is 3. The second kappa shape index (κ2) is 7.59. The molecular weight excluding hydrogens is 371 g/mol. The second-order valence-electron chi connectivity index (χ2n) is 6.40. The normalized spacial score (nSPS) is 10.7. The van der Waals surface area contributed by atoms with Crippen LogP contribution in [0.4, 0.5) is 10.1 Å². The van der Waals surface area contributed by atoms with Gasteiger partial charge in [0.15, 0.2) is 0 Å². The van der Waals surface area contributed by atoms with Crippen molar-refractivity contribution >= 4 is 22.4 Å². The Bertz CT molecular complexity index is 1260. The van der Waals surface area contributed by atoms with E-state index in [0.717, 1.165) is 0 Å². The van der Waals surface area contributed by atoms with Crippen molar-refractivity contribution in [2.75, 3.05) is 12.4 Å². The molecule has 0 saturated carbocycles. The third-order valence-electron chi connectivity index (χ3n) is 4.64. The molecular formula is C23H17FN2O3. The van der Waals surface area contributed by atoms with E-state index in [1.54, 1.807) is 67.8 Å². The van der Waals surface area contributed by atoms with E-state index in [4.69, 9.17) is 4.74 Å². The lowest BCUT2D eigenvalue weighted by Crippen LogP contribution is -2.22. The first kappa shape index (κ1) is 18.4. The van der Waals surface area contributed by atoms with Crippen LogP contribution in [0.5, 0.6) is 5.75 Å². The van der Waals surface area contributed by atoms with Crippen LogP contribution in [0.3, 0.4) is 0 Å². The highest BCUT2D eigenvalue weighted by Crippen LogP contribution is 2.21. The lowest BCUT2D eigenvalue weighted by Gasteiger charge is -2.13. The number of nitrogens with zero attached hydrogens (tertiary/aromatic N) is 1. The number of hydrogen-bond donors (Lipinski definition) is 1. The molecule has 1 N–H and O–H groups in total. The first-order chi connectivity index (χ1) is 14.1. The van der Waals surface area contributed by atoms with Crippen LogP contribution in [0.25, 0.3) is 16.5 Å². The smallest absolute Gasteiger partial charge is 0.262 e. The van der Waals surface area contributed by atoms with E-state index < -0.39 is 11.7 Å². The van der Waals surface area contributed by atoms with Crippen molar-refractivity contribution in [2.24, 2.45) is 0 Å². The highest BCUT2D eigenvalue weighted by Gasteiger charge is 2.16. The molecule has 5 nitrogen and oxygen atoms in total. The zero-order chi connectivity index (χ0) is 20.4. The lowest BCUT2D eigenvalue weighted by atomic mass is 10.1. The Morgan fingerprint density at radius 1 is 0.931 bits per heavy atom. The van der Waals surface area contributed by atoms with Gasteiger partial charge in [-0.15, -0.1) is 0 Å². The summed E-state index contributed by atoms with van der Waals surface area (Å²) in [4.78, 5) is 26.0. The molecule has 0 saturated heterocycles. The number of fused-ring (bicyclic) bond motifs is 1. The van der Waals surface area contributed by atoms with E-state index in [2.05, 4.69) is 5.32 Å². The van der Waals surface area contributed by atoms with Crippen LogP contribution in [0.2, 0.25) is 0 Å². The number of anilines is 1. The number of rotatable bonds is 4. The fourth-order valence-corrected chi connectivity index (χ4v) is 3.16. The molecule has 0 fully saturated rings. The van der Waals surface area contributed by atoms with E-state index in [-0.39, 0.29) is 16.8 Å². The maximum Gasteiger partial charge on any atom is 0.262 e. The van der Waals surface area contributed by atoms with Gasteiger partial charge in [-0.2, -0.15) is 0 Å². The van der Waals surface area contributed by atoms with Gasteiger partial charge in [-0.3, -0.25) is 14.2 Å². The fourth-order valence-electron chi connectivity index (χ4n) is 3.16. The maximum absolute atomic E-state index is 14.0. The number of methoxy groups -OCH3 is 1. The molecule has 4 aromatic rings. The summed E-state index contributed by atoms with van der Waals surface area (Å²) in [5, 5.41) is 3.48. The monoisotopic (exact) mass is 388 g/mol. The van der Waals surface area contributed by atoms with E-state index in [0.29, 0.717) is 22.2 Å². The molecule has 1 heterocycles. The molecule has 0 unspecified atom stereocenters. The molecule has 1 amide bonds. The molecule has 0 aliphatic carbocycles. The molecule has 4 rings (SSSR count). The average Bonchev–Trinajstić information content (AvgIpc) is 2.76. The van der Waals surface area contributed by atoms with Crippen molar-refractivity contribution in [1.82, 2.24) is 4.57 Å². The van der Waals surface area contributed by atoms with Crippen molar-refractivity contribution < 1.29 is 13.9 Å². The highest BCUT2D eigenvalue weighted by atomic mass is 19.1. The molecule has 0 spiro atoms. The van der Waals surface area contributed by atoms with Crippen molar-refractivity contribution in [1.29, 1.82) is 0 Å². The number of amides is 1. The summed E-state index contributed by atoms with van der Waals surface area (Å²) in [5.74, 6) is -0.387. The van der Waals surface area contributed by atoms with Crippen LogP contribution >= 0.6 is 0 Å². The summed E-state index contributed by atoms with van der Waals surface area (Å²) in [6.45, 7) is 0. The Hall–Kier alpha value is -3.93. The van der Waals surface area contributed by atoms with Crippen LogP contribution in [0.1, 0.15) is 10.4 Å². The number of benzene rings is 3. The van der Waals surface area contributed by atoms with Crippen LogP contribution < -0.4 is 15.6 Å². The first-order valence-electron chi connectivity index (χ1n) is 8.93. The van der Waals surface area contributed by atoms with Gasteiger partial charge in [0.05, 0.1) is 18.4 Å². The summed E-state index contributed by atoms with van der Waals surface area (Å²) < 4.78 is 20.5. The molecule has 0 aliphatic heterocycles. The van der Waals surface area contributed by atoms with Crippen molar-refractivity contribution in [3.8, 4) is 11.4 Å². The third-order valence-corrected chi connectivity index (χ3v) is 4.64. The Balaban J connectivity index is 1.86. The Morgan fingerprint density at radius 2 is 1.59 bits per heavy atom. The van der Waals surface area contributed by atoms with Gasteiger partial charge in [-0.1, -0.05) is 30.3 Å². The van der Waals surface area contributed by atoms with Gasteiger partial charge >= 0.3 is 0 Å². The molecule has 29 heavy (non-hydrogen) atoms. The number of aromatic nitrogens is 1. The number of carbonyl (C=O) groups excluding carboxylic acids is 1. The lowest BCUT2D eigenvalue weighted by molar-refractivity contribution is 0.102. The quantitative estimate of drug-likeness (QED) is 0.564. The molecule has 3 aromatic carbocycles. The number of halogens is 1. The van der Waals surface area contributed by atoms with Gasteiger partial charge in [0.2, 0.25) is 0 Å². The minimum Gasteiger partial charge on any atom is -0.497 e. The largest absolute Gasteiger partial charge is 0.497 e. The van der Waals surface area contributed by atoms with Crippen LogP contribution in [-0.2, 0) is 0 Å². The molecule has 6 heteroatoms. The van der Waals surface area contributed by atoms with E-state index >= 15 is 0 Å². The average molecular weight is 388 g/mol. The molecule has 0 bridgehead atoms. The van der Waals surface area contributed by atoms with Gasteiger partial charge in [0.25, 0.3) is 11.5 Å². The van der Waals surface area contributed by atoms with E-state index in [1.165, 1.54) is 22.9 Å². The number of para-hydroxylation sites is 1. The Kier molecular flexibility index (Phi) is 4.83. The molecule has 1 aromatic heterocycles. The van der Waals surface area contributed by atoms with E-state index in [1.807, 2.05) is 0 Å². The minimum absolute atomic E-state index is 0.0729. The van der Waals surface area contributed by atoms with Crippen LogP contribution in [0.15, 0.2) is 83.8 Å². The molecule has 0 aliphatic rings. The molecule has 0 atom stereocenters. The van der Waals surface area contributed by atoms with Crippen molar-refractivity contribution in [3.63, 3.8) is 0 Å². The highest BCUT2D eigenvalue weighted by molar-refractivity contribution is 6.12. The Labute approximate surface area is 166 Å². The number of carbonyl (C=O) groups is 1. The number of ether oxygens (including phenoxy) is 1. The number of pyridine rings is 1. The SMILES string of the molecule is COc1ccc(-n2cc(C(=O)Nc3ccccc3F)c3ccccc3c2=O)cc1. The second-order valence-corrected chi connectivity index (χ2v) is 6.40. The molecule has 144 valence electrons. The number of nitrogens with one attached hydrogen (secondary N) is 1.